The van der Waals surface area contributed by atoms with Gasteiger partial charge in [0.2, 0.25) is 0 Å². The van der Waals surface area contributed by atoms with Crippen LogP contribution in [-0.4, -0.2) is 40.4 Å². The first-order valence-corrected chi connectivity index (χ1v) is 7.37. The second-order valence-electron chi connectivity index (χ2n) is 3.68. The van der Waals surface area contributed by atoms with Crippen LogP contribution in [0, 0.1) is 5.92 Å². The molecule has 0 radical (unpaired) electrons. The number of carboxylic acids is 1. The van der Waals surface area contributed by atoms with Gasteiger partial charge in [0.1, 0.15) is 6.04 Å². The van der Waals surface area contributed by atoms with Gasteiger partial charge in [0.05, 0.1) is 6.04 Å². The Balaban J connectivity index is 3.67. The monoisotopic (exact) mass is 266 g/mol. The van der Waals surface area contributed by atoms with E-state index in [1.807, 2.05) is 0 Å². The van der Waals surface area contributed by atoms with Crippen LogP contribution < -0.4 is 11.5 Å². The van der Waals surface area contributed by atoms with Gasteiger partial charge in [-0.2, -0.15) is 0 Å². The van der Waals surface area contributed by atoms with Crippen LogP contribution in [0.5, 0.6) is 0 Å². The first kappa shape index (κ1) is 15.8. The molecule has 0 amide bonds. The highest BCUT2D eigenvalue weighted by Gasteiger charge is 2.17. The predicted molar refractivity (Wildman–Crippen MR) is 68.3 cm³/mol. The number of carboxylic acid groups (broad SMARTS) is 1. The quantitative estimate of drug-likeness (QED) is 0.429. The van der Waals surface area contributed by atoms with Crippen LogP contribution in [0.1, 0.15) is 13.8 Å². The smallest absolute Gasteiger partial charge is 0.321 e. The van der Waals surface area contributed by atoms with Crippen molar-refractivity contribution in [1.29, 1.82) is 0 Å². The van der Waals surface area contributed by atoms with E-state index in [0.717, 1.165) is 0 Å². The number of hydrogen-bond acceptors (Lipinski definition) is 6. The molecule has 0 bridgehead atoms. The summed E-state index contributed by atoms with van der Waals surface area (Å²) in [6.45, 7) is 3.61. The van der Waals surface area contributed by atoms with Crippen molar-refractivity contribution >= 4 is 33.3 Å². The van der Waals surface area contributed by atoms with Crippen molar-refractivity contribution in [2.75, 3.05) is 11.5 Å². The summed E-state index contributed by atoms with van der Waals surface area (Å²) in [5, 5.41) is 8.53. The highest BCUT2D eigenvalue weighted by atomic mass is 33.1. The van der Waals surface area contributed by atoms with E-state index >= 15 is 0 Å². The molecule has 0 spiro atoms. The summed E-state index contributed by atoms with van der Waals surface area (Å²) in [7, 11) is 2.71. The van der Waals surface area contributed by atoms with E-state index in [1.54, 1.807) is 13.8 Å². The summed E-state index contributed by atoms with van der Waals surface area (Å²) in [6, 6.07) is -1.35. The molecule has 0 aromatic rings. The van der Waals surface area contributed by atoms with Gasteiger partial charge in [-0.05, 0) is 0 Å². The number of ketones is 1. The average Bonchev–Trinajstić information content (AvgIpc) is 2.22. The van der Waals surface area contributed by atoms with E-state index in [-0.39, 0.29) is 11.7 Å². The SMILES string of the molecule is CC(C)C(=O)C(N)CSSCC(N)C(=O)O. The molecule has 7 heteroatoms. The predicted octanol–water partition coefficient (Wildman–Crippen LogP) is 0.332. The van der Waals surface area contributed by atoms with E-state index < -0.39 is 18.1 Å². The molecule has 5 N–H and O–H groups in total. The number of carbonyl (C=O) groups is 2. The maximum Gasteiger partial charge on any atom is 0.321 e. The van der Waals surface area contributed by atoms with Gasteiger partial charge in [-0.25, -0.2) is 0 Å². The van der Waals surface area contributed by atoms with Gasteiger partial charge in [0.15, 0.2) is 5.78 Å². The Morgan fingerprint density at radius 1 is 1.12 bits per heavy atom. The lowest BCUT2D eigenvalue weighted by atomic mass is 10.0. The first-order valence-electron chi connectivity index (χ1n) is 4.88. The summed E-state index contributed by atoms with van der Waals surface area (Å²) in [5.41, 5.74) is 11.0. The molecule has 0 aliphatic heterocycles. The largest absolute Gasteiger partial charge is 0.480 e. The van der Waals surface area contributed by atoms with Crippen LogP contribution in [0.25, 0.3) is 0 Å². The summed E-state index contributed by atoms with van der Waals surface area (Å²) >= 11 is 0. The normalized spacial score (nSPS) is 14.8. The topological polar surface area (TPSA) is 106 Å². The van der Waals surface area contributed by atoms with Crippen molar-refractivity contribution in [3.63, 3.8) is 0 Å². The second kappa shape index (κ2) is 7.94. The van der Waals surface area contributed by atoms with Crippen molar-refractivity contribution in [3.05, 3.63) is 0 Å². The molecule has 0 rings (SSSR count). The Bertz CT molecular complexity index is 249. The van der Waals surface area contributed by atoms with Crippen LogP contribution >= 0.6 is 21.6 Å². The van der Waals surface area contributed by atoms with E-state index in [1.165, 1.54) is 21.6 Å². The zero-order chi connectivity index (χ0) is 12.7. The molecule has 0 aliphatic carbocycles. The first-order chi connectivity index (χ1) is 7.36. The lowest BCUT2D eigenvalue weighted by Gasteiger charge is -2.12. The number of aliphatic carboxylic acids is 1. The van der Waals surface area contributed by atoms with Gasteiger partial charge in [-0.1, -0.05) is 35.4 Å². The summed E-state index contributed by atoms with van der Waals surface area (Å²) in [4.78, 5) is 21.8. The second-order valence-corrected chi connectivity index (χ2v) is 6.23. The molecule has 0 saturated carbocycles. The van der Waals surface area contributed by atoms with Crippen LogP contribution in [0.15, 0.2) is 0 Å². The number of rotatable bonds is 8. The Morgan fingerprint density at radius 3 is 1.94 bits per heavy atom. The van der Waals surface area contributed by atoms with Gasteiger partial charge < -0.3 is 16.6 Å². The molecular formula is C9H18N2O3S2. The van der Waals surface area contributed by atoms with E-state index in [4.69, 9.17) is 16.6 Å². The van der Waals surface area contributed by atoms with Crippen molar-refractivity contribution in [2.45, 2.75) is 25.9 Å². The molecule has 94 valence electrons. The lowest BCUT2D eigenvalue weighted by molar-refractivity contribution is -0.137. The number of nitrogens with two attached hydrogens (primary N) is 2. The van der Waals surface area contributed by atoms with Gasteiger partial charge in [0, 0.05) is 17.4 Å². The highest BCUT2D eigenvalue weighted by Crippen LogP contribution is 2.22. The summed E-state index contributed by atoms with van der Waals surface area (Å²) < 4.78 is 0. The molecule has 0 fully saturated rings. The summed E-state index contributed by atoms with van der Waals surface area (Å²) in [6.07, 6.45) is 0. The zero-order valence-corrected chi connectivity index (χ0v) is 11.0. The molecule has 2 atom stereocenters. The van der Waals surface area contributed by atoms with Crippen LogP contribution in [-0.2, 0) is 9.59 Å². The van der Waals surface area contributed by atoms with Gasteiger partial charge >= 0.3 is 5.97 Å². The van der Waals surface area contributed by atoms with Crippen LogP contribution in [0.2, 0.25) is 0 Å². The standard InChI is InChI=1S/C9H18N2O3S2/c1-5(2)8(12)6(10)3-15-16-4-7(11)9(13)14/h5-7H,3-4,10-11H2,1-2H3,(H,13,14). The fraction of sp³-hybridized carbons (Fsp3) is 0.778. The van der Waals surface area contributed by atoms with Crippen LogP contribution in [0.3, 0.4) is 0 Å². The van der Waals surface area contributed by atoms with E-state index in [2.05, 4.69) is 0 Å². The molecule has 2 unspecified atom stereocenters. The molecule has 16 heavy (non-hydrogen) atoms. The van der Waals surface area contributed by atoms with Gasteiger partial charge in [-0.3, -0.25) is 9.59 Å². The Kier molecular flexibility index (Phi) is 7.82. The van der Waals surface area contributed by atoms with E-state index in [0.29, 0.717) is 11.5 Å². The fourth-order valence-corrected chi connectivity index (χ4v) is 3.07. The Hall–Kier alpha value is -0.240. The lowest BCUT2D eigenvalue weighted by Crippen LogP contribution is -2.36. The van der Waals surface area contributed by atoms with Gasteiger partial charge in [0.25, 0.3) is 0 Å². The molecule has 0 heterocycles. The maximum atomic E-state index is 11.4. The third kappa shape index (κ3) is 6.37. The number of hydrogen-bond donors (Lipinski definition) is 3. The molecule has 5 nitrogen and oxygen atoms in total. The molecule has 0 aliphatic rings. The highest BCUT2D eigenvalue weighted by molar-refractivity contribution is 8.76. The molecule has 0 saturated heterocycles. The molecular weight excluding hydrogens is 248 g/mol. The van der Waals surface area contributed by atoms with Crippen LogP contribution in [0.4, 0.5) is 0 Å². The Morgan fingerprint density at radius 2 is 1.56 bits per heavy atom. The van der Waals surface area contributed by atoms with Crippen molar-refractivity contribution in [3.8, 4) is 0 Å². The minimum absolute atomic E-state index is 0.0237. The van der Waals surface area contributed by atoms with Gasteiger partial charge in [-0.15, -0.1) is 0 Å². The van der Waals surface area contributed by atoms with Crippen molar-refractivity contribution in [2.24, 2.45) is 17.4 Å². The molecule has 0 aromatic heterocycles. The zero-order valence-electron chi connectivity index (χ0n) is 9.38. The Labute approximate surface area is 103 Å². The van der Waals surface area contributed by atoms with Crippen molar-refractivity contribution < 1.29 is 14.7 Å². The van der Waals surface area contributed by atoms with E-state index in [9.17, 15) is 9.59 Å². The number of carbonyl (C=O) groups excluding carboxylic acids is 1. The third-order valence-electron chi connectivity index (χ3n) is 1.83. The number of Topliss-reactive ketones (excluding diaryl/α,β-unsaturated/α-hetero) is 1. The molecule has 0 aromatic carbocycles. The van der Waals surface area contributed by atoms with Crippen molar-refractivity contribution in [1.82, 2.24) is 0 Å². The fourth-order valence-electron chi connectivity index (χ4n) is 0.824. The maximum absolute atomic E-state index is 11.4. The average molecular weight is 266 g/mol. The minimum Gasteiger partial charge on any atom is -0.480 e. The minimum atomic E-state index is -1.02. The summed E-state index contributed by atoms with van der Waals surface area (Å²) in [5.74, 6) is -0.274. The third-order valence-corrected chi connectivity index (χ3v) is 4.30.